The number of hydrogen-bond donors (Lipinski definition) is 1. The number of aryl methyl sites for hydroxylation is 1. The van der Waals surface area contributed by atoms with Crippen molar-refractivity contribution in [3.63, 3.8) is 0 Å². The van der Waals surface area contributed by atoms with Crippen LogP contribution in [0, 0.1) is 6.92 Å². The van der Waals surface area contributed by atoms with Crippen molar-refractivity contribution in [1.29, 1.82) is 0 Å². The molecular weight excluding hydrogens is 430 g/mol. The number of hydrogen-bond acceptors (Lipinski definition) is 4. The highest BCUT2D eigenvalue weighted by molar-refractivity contribution is 9.10. The first-order valence-electron chi connectivity index (χ1n) is 9.36. The van der Waals surface area contributed by atoms with Crippen LogP contribution in [0.25, 0.3) is 22.2 Å². The van der Waals surface area contributed by atoms with Crippen molar-refractivity contribution in [3.05, 3.63) is 76.0 Å². The monoisotopic (exact) mass is 449 g/mol. The molecule has 146 valence electrons. The number of nitrogens with zero attached hydrogens (tertiary/aromatic N) is 2. The summed E-state index contributed by atoms with van der Waals surface area (Å²) in [6.07, 6.45) is 0. The van der Waals surface area contributed by atoms with Crippen LogP contribution in [0.3, 0.4) is 0 Å². The third kappa shape index (κ3) is 4.07. The molecule has 0 spiro atoms. The van der Waals surface area contributed by atoms with Crippen LogP contribution < -0.4 is 5.32 Å². The summed E-state index contributed by atoms with van der Waals surface area (Å²) in [4.78, 5) is 17.8. The number of carbonyl (C=O) groups excluding carboxylic acids is 1. The van der Waals surface area contributed by atoms with Crippen LogP contribution in [0.4, 0.5) is 5.82 Å². The van der Waals surface area contributed by atoms with Crippen LogP contribution in [0.1, 0.15) is 41.4 Å². The summed E-state index contributed by atoms with van der Waals surface area (Å²) in [5.41, 5.74) is 4.25. The summed E-state index contributed by atoms with van der Waals surface area (Å²) < 4.78 is 5.93. The zero-order valence-electron chi connectivity index (χ0n) is 16.4. The second kappa shape index (κ2) is 7.79. The van der Waals surface area contributed by atoms with Gasteiger partial charge >= 0.3 is 0 Å². The molecule has 0 aliphatic heterocycles. The van der Waals surface area contributed by atoms with Gasteiger partial charge in [-0.1, -0.05) is 59.2 Å². The predicted molar refractivity (Wildman–Crippen MR) is 118 cm³/mol. The van der Waals surface area contributed by atoms with Gasteiger partial charge in [-0.15, -0.1) is 0 Å². The topological polar surface area (TPSA) is 68.0 Å². The summed E-state index contributed by atoms with van der Waals surface area (Å²) in [5, 5.41) is 7.42. The SMILES string of the molecule is Cc1cc(NC(=O)c2cc(-c3ccc(C(C)C)cc3)nc3ccc(Br)cc23)no1. The summed E-state index contributed by atoms with van der Waals surface area (Å²) in [5.74, 6) is 1.21. The van der Waals surface area contributed by atoms with E-state index < -0.39 is 0 Å². The van der Waals surface area contributed by atoms with Crippen molar-refractivity contribution in [2.24, 2.45) is 0 Å². The highest BCUT2D eigenvalue weighted by atomic mass is 79.9. The van der Waals surface area contributed by atoms with Gasteiger partial charge in [0.05, 0.1) is 16.8 Å². The van der Waals surface area contributed by atoms with E-state index in [9.17, 15) is 4.79 Å². The summed E-state index contributed by atoms with van der Waals surface area (Å²) in [6, 6.07) is 17.5. The fourth-order valence-corrected chi connectivity index (χ4v) is 3.54. The molecule has 2 aromatic heterocycles. The lowest BCUT2D eigenvalue weighted by atomic mass is 9.99. The van der Waals surface area contributed by atoms with E-state index in [4.69, 9.17) is 9.51 Å². The normalized spacial score (nSPS) is 11.2. The molecular formula is C23H20BrN3O2. The zero-order valence-corrected chi connectivity index (χ0v) is 17.9. The lowest BCUT2D eigenvalue weighted by Crippen LogP contribution is -2.13. The fourth-order valence-electron chi connectivity index (χ4n) is 3.18. The lowest BCUT2D eigenvalue weighted by Gasteiger charge is -2.11. The number of aromatic nitrogens is 2. The Balaban J connectivity index is 1.80. The van der Waals surface area contributed by atoms with Crippen LogP contribution in [0.2, 0.25) is 0 Å². The van der Waals surface area contributed by atoms with E-state index in [1.54, 1.807) is 13.0 Å². The average Bonchev–Trinajstić information content (AvgIpc) is 3.11. The Morgan fingerprint density at radius 1 is 1.07 bits per heavy atom. The van der Waals surface area contributed by atoms with Gasteiger partial charge in [-0.2, -0.15) is 0 Å². The zero-order chi connectivity index (χ0) is 20.5. The van der Waals surface area contributed by atoms with Crippen LogP contribution >= 0.6 is 15.9 Å². The second-order valence-corrected chi connectivity index (χ2v) is 8.19. The fraction of sp³-hybridized carbons (Fsp3) is 0.174. The Morgan fingerprint density at radius 2 is 1.83 bits per heavy atom. The molecule has 4 rings (SSSR count). The maximum atomic E-state index is 13.0. The first kappa shape index (κ1) is 19.3. The number of fused-ring (bicyclic) bond motifs is 1. The van der Waals surface area contributed by atoms with Gasteiger partial charge in [-0.05, 0) is 42.7 Å². The highest BCUT2D eigenvalue weighted by Crippen LogP contribution is 2.29. The third-order valence-corrected chi connectivity index (χ3v) is 5.25. The Bertz CT molecular complexity index is 1200. The Labute approximate surface area is 177 Å². The number of pyridine rings is 1. The molecule has 0 radical (unpaired) electrons. The van der Waals surface area contributed by atoms with Gasteiger partial charge in [-0.3, -0.25) is 4.79 Å². The largest absolute Gasteiger partial charge is 0.360 e. The van der Waals surface area contributed by atoms with Gasteiger partial charge in [0.15, 0.2) is 5.82 Å². The molecule has 0 saturated heterocycles. The van der Waals surface area contributed by atoms with Gasteiger partial charge in [0.2, 0.25) is 0 Å². The molecule has 0 aliphatic rings. The van der Waals surface area contributed by atoms with E-state index in [1.165, 1.54) is 5.56 Å². The molecule has 2 aromatic carbocycles. The van der Waals surface area contributed by atoms with E-state index in [0.717, 1.165) is 26.6 Å². The number of anilines is 1. The minimum Gasteiger partial charge on any atom is -0.360 e. The Hall–Kier alpha value is -2.99. The van der Waals surface area contributed by atoms with Gasteiger partial charge in [0, 0.05) is 21.5 Å². The van der Waals surface area contributed by atoms with E-state index in [2.05, 4.69) is 52.4 Å². The lowest BCUT2D eigenvalue weighted by molar-refractivity contribution is 0.102. The van der Waals surface area contributed by atoms with Gasteiger partial charge in [0.1, 0.15) is 5.76 Å². The van der Waals surface area contributed by atoms with Crippen LogP contribution in [-0.4, -0.2) is 16.0 Å². The first-order valence-corrected chi connectivity index (χ1v) is 10.2. The molecule has 1 N–H and O–H groups in total. The maximum absolute atomic E-state index is 13.0. The smallest absolute Gasteiger partial charge is 0.257 e. The summed E-state index contributed by atoms with van der Waals surface area (Å²) in [7, 11) is 0. The maximum Gasteiger partial charge on any atom is 0.257 e. The van der Waals surface area contributed by atoms with Gasteiger partial charge in [-0.25, -0.2) is 4.98 Å². The summed E-state index contributed by atoms with van der Waals surface area (Å²) in [6.45, 7) is 6.10. The van der Waals surface area contributed by atoms with Crippen molar-refractivity contribution in [3.8, 4) is 11.3 Å². The van der Waals surface area contributed by atoms with Gasteiger partial charge in [0.25, 0.3) is 5.91 Å². The Kier molecular flexibility index (Phi) is 5.20. The van der Waals surface area contributed by atoms with Crippen molar-refractivity contribution in [2.45, 2.75) is 26.7 Å². The van der Waals surface area contributed by atoms with E-state index in [-0.39, 0.29) is 5.91 Å². The average molecular weight is 450 g/mol. The molecule has 29 heavy (non-hydrogen) atoms. The molecule has 6 heteroatoms. The number of rotatable bonds is 4. The third-order valence-electron chi connectivity index (χ3n) is 4.76. The van der Waals surface area contributed by atoms with Crippen molar-refractivity contribution in [1.82, 2.24) is 10.1 Å². The highest BCUT2D eigenvalue weighted by Gasteiger charge is 2.16. The number of amides is 1. The van der Waals surface area contributed by atoms with E-state index >= 15 is 0 Å². The van der Waals surface area contributed by atoms with Crippen molar-refractivity contribution in [2.75, 3.05) is 5.32 Å². The summed E-state index contributed by atoms with van der Waals surface area (Å²) >= 11 is 3.48. The molecule has 0 aliphatic carbocycles. The first-order chi connectivity index (χ1) is 13.9. The number of halogens is 1. The molecule has 0 unspecified atom stereocenters. The Morgan fingerprint density at radius 3 is 2.48 bits per heavy atom. The van der Waals surface area contributed by atoms with Crippen LogP contribution in [-0.2, 0) is 0 Å². The second-order valence-electron chi connectivity index (χ2n) is 7.27. The molecule has 4 aromatic rings. The standard InChI is InChI=1S/C23H20BrN3O2/c1-13(2)15-4-6-16(7-5-15)21-12-19(18-11-17(24)8-9-20(18)25-21)23(28)26-22-10-14(3)29-27-22/h4-13H,1-3H3,(H,26,27,28). The molecule has 0 atom stereocenters. The number of nitrogens with one attached hydrogen (secondary N) is 1. The van der Waals surface area contributed by atoms with E-state index in [0.29, 0.717) is 23.1 Å². The molecule has 5 nitrogen and oxygen atoms in total. The quantitative estimate of drug-likeness (QED) is 0.394. The molecule has 2 heterocycles. The molecule has 0 bridgehead atoms. The van der Waals surface area contributed by atoms with Gasteiger partial charge < -0.3 is 9.84 Å². The van der Waals surface area contributed by atoms with Crippen molar-refractivity contribution >= 4 is 38.6 Å². The van der Waals surface area contributed by atoms with E-state index in [1.807, 2.05) is 36.4 Å². The van der Waals surface area contributed by atoms with Crippen LogP contribution in [0.15, 0.2) is 63.6 Å². The number of benzene rings is 2. The molecule has 1 amide bonds. The van der Waals surface area contributed by atoms with Crippen molar-refractivity contribution < 1.29 is 9.32 Å². The predicted octanol–water partition coefficient (Wildman–Crippen LogP) is 6.34. The number of carbonyl (C=O) groups is 1. The molecule has 0 saturated carbocycles. The molecule has 0 fully saturated rings. The van der Waals surface area contributed by atoms with Crippen LogP contribution in [0.5, 0.6) is 0 Å². The minimum absolute atomic E-state index is 0.260. The minimum atomic E-state index is -0.260.